The molecule has 0 aliphatic carbocycles. The lowest BCUT2D eigenvalue weighted by Crippen LogP contribution is -2.38. The Balaban J connectivity index is 3.65. The predicted molar refractivity (Wildman–Crippen MR) is 70.4 cm³/mol. The van der Waals surface area contributed by atoms with Crippen molar-refractivity contribution in [3.05, 3.63) is 0 Å². The number of imide groups is 1. The molecule has 0 radical (unpaired) electrons. The highest BCUT2D eigenvalue weighted by atomic mass is 32.2. The SMILES string of the molecule is CNC(=O)NC(=O)CSCCC(=O)OC(C)(C)C. The highest BCUT2D eigenvalue weighted by Crippen LogP contribution is 2.10. The third kappa shape index (κ3) is 9.95. The van der Waals surface area contributed by atoms with Crippen LogP contribution in [0.15, 0.2) is 0 Å². The summed E-state index contributed by atoms with van der Waals surface area (Å²) in [5, 5.41) is 4.41. The first-order valence-corrected chi connectivity index (χ1v) is 6.71. The van der Waals surface area contributed by atoms with E-state index in [0.717, 1.165) is 0 Å². The summed E-state index contributed by atoms with van der Waals surface area (Å²) in [4.78, 5) is 33.3. The summed E-state index contributed by atoms with van der Waals surface area (Å²) in [6.07, 6.45) is 0.245. The largest absolute Gasteiger partial charge is 0.460 e. The minimum atomic E-state index is -0.534. The number of nitrogens with one attached hydrogen (secondary N) is 2. The van der Waals surface area contributed by atoms with Crippen LogP contribution in [0.25, 0.3) is 0 Å². The van der Waals surface area contributed by atoms with E-state index < -0.39 is 11.6 Å². The summed E-state index contributed by atoms with van der Waals surface area (Å²) < 4.78 is 5.11. The summed E-state index contributed by atoms with van der Waals surface area (Å²) in [6, 6.07) is -0.534. The number of carbonyl (C=O) groups excluding carboxylic acids is 3. The fraction of sp³-hybridized carbons (Fsp3) is 0.727. The van der Waals surface area contributed by atoms with Crippen LogP contribution in [-0.4, -0.2) is 42.1 Å². The van der Waals surface area contributed by atoms with E-state index >= 15 is 0 Å². The van der Waals surface area contributed by atoms with Gasteiger partial charge in [0.05, 0.1) is 12.2 Å². The van der Waals surface area contributed by atoms with Gasteiger partial charge in [-0.25, -0.2) is 4.79 Å². The third-order valence-corrected chi connectivity index (χ3v) is 2.54. The molecule has 6 nitrogen and oxygen atoms in total. The summed E-state index contributed by atoms with van der Waals surface area (Å²) in [5.41, 5.74) is -0.488. The number of carbonyl (C=O) groups is 3. The molecule has 18 heavy (non-hydrogen) atoms. The van der Waals surface area contributed by atoms with Crippen molar-refractivity contribution in [1.82, 2.24) is 10.6 Å². The predicted octanol–water partition coefficient (Wildman–Crippen LogP) is 0.907. The molecular formula is C11H20N2O4S. The second-order valence-electron chi connectivity index (χ2n) is 4.52. The van der Waals surface area contributed by atoms with Gasteiger partial charge in [0.2, 0.25) is 5.91 Å². The maximum atomic E-state index is 11.3. The zero-order valence-electron chi connectivity index (χ0n) is 11.2. The van der Waals surface area contributed by atoms with Crippen molar-refractivity contribution in [2.45, 2.75) is 32.8 Å². The van der Waals surface area contributed by atoms with Crippen molar-refractivity contribution in [1.29, 1.82) is 0 Å². The number of rotatable bonds is 5. The highest BCUT2D eigenvalue weighted by molar-refractivity contribution is 7.99. The van der Waals surface area contributed by atoms with E-state index in [1.54, 1.807) is 20.8 Å². The lowest BCUT2D eigenvalue weighted by Gasteiger charge is -2.19. The van der Waals surface area contributed by atoms with E-state index in [4.69, 9.17) is 4.74 Å². The average molecular weight is 276 g/mol. The van der Waals surface area contributed by atoms with Crippen LogP contribution >= 0.6 is 11.8 Å². The molecule has 104 valence electrons. The van der Waals surface area contributed by atoms with Crippen LogP contribution in [0.3, 0.4) is 0 Å². The average Bonchev–Trinajstić information content (AvgIpc) is 2.21. The van der Waals surface area contributed by atoms with Crippen molar-refractivity contribution >= 4 is 29.7 Å². The van der Waals surface area contributed by atoms with Gasteiger partial charge < -0.3 is 10.1 Å². The molecule has 2 N–H and O–H groups in total. The number of hydrogen-bond donors (Lipinski definition) is 2. The van der Waals surface area contributed by atoms with E-state index in [-0.39, 0.29) is 24.1 Å². The zero-order chi connectivity index (χ0) is 14.2. The van der Waals surface area contributed by atoms with Crippen molar-refractivity contribution in [2.24, 2.45) is 0 Å². The van der Waals surface area contributed by atoms with Gasteiger partial charge in [0.15, 0.2) is 0 Å². The Morgan fingerprint density at radius 1 is 1.22 bits per heavy atom. The van der Waals surface area contributed by atoms with Crippen molar-refractivity contribution in [3.8, 4) is 0 Å². The van der Waals surface area contributed by atoms with Gasteiger partial charge in [-0.1, -0.05) is 0 Å². The topological polar surface area (TPSA) is 84.5 Å². The molecule has 0 aromatic rings. The third-order valence-electron chi connectivity index (χ3n) is 1.58. The summed E-state index contributed by atoms with van der Waals surface area (Å²) in [5.74, 6) is -0.0583. The van der Waals surface area contributed by atoms with Crippen LogP contribution < -0.4 is 10.6 Å². The minimum absolute atomic E-state index is 0.135. The maximum absolute atomic E-state index is 11.3. The maximum Gasteiger partial charge on any atom is 0.321 e. The van der Waals surface area contributed by atoms with E-state index in [1.807, 2.05) is 0 Å². The quantitative estimate of drug-likeness (QED) is 0.576. The van der Waals surface area contributed by atoms with Crippen molar-refractivity contribution in [3.63, 3.8) is 0 Å². The van der Waals surface area contributed by atoms with Crippen molar-refractivity contribution < 1.29 is 19.1 Å². The van der Waals surface area contributed by atoms with Crippen LogP contribution in [-0.2, 0) is 14.3 Å². The molecule has 7 heteroatoms. The highest BCUT2D eigenvalue weighted by Gasteiger charge is 2.15. The lowest BCUT2D eigenvalue weighted by atomic mass is 10.2. The second kappa shape index (κ2) is 7.97. The van der Waals surface area contributed by atoms with E-state index in [2.05, 4.69) is 10.6 Å². The molecule has 0 saturated heterocycles. The van der Waals surface area contributed by atoms with Crippen LogP contribution in [0.5, 0.6) is 0 Å². The molecule has 0 aromatic heterocycles. The van der Waals surface area contributed by atoms with Crippen molar-refractivity contribution in [2.75, 3.05) is 18.6 Å². The van der Waals surface area contributed by atoms with E-state index in [0.29, 0.717) is 5.75 Å². The van der Waals surface area contributed by atoms with Gasteiger partial charge in [-0.3, -0.25) is 14.9 Å². The molecule has 0 aliphatic rings. The molecule has 0 aliphatic heterocycles. The Kier molecular flexibility index (Phi) is 7.42. The Labute approximate surface area is 111 Å². The molecule has 0 saturated carbocycles. The van der Waals surface area contributed by atoms with E-state index in [1.165, 1.54) is 18.8 Å². The van der Waals surface area contributed by atoms with Gasteiger partial charge in [-0.05, 0) is 20.8 Å². The van der Waals surface area contributed by atoms with Crippen LogP contribution in [0.2, 0.25) is 0 Å². The Hall–Kier alpha value is -1.24. The monoisotopic (exact) mass is 276 g/mol. The zero-order valence-corrected chi connectivity index (χ0v) is 12.0. The Morgan fingerprint density at radius 2 is 1.83 bits per heavy atom. The van der Waals surface area contributed by atoms with Crippen LogP contribution in [0.1, 0.15) is 27.2 Å². The minimum Gasteiger partial charge on any atom is -0.460 e. The Morgan fingerprint density at radius 3 is 2.33 bits per heavy atom. The molecular weight excluding hydrogens is 256 g/mol. The number of thioether (sulfide) groups is 1. The molecule has 0 aromatic carbocycles. The fourth-order valence-electron chi connectivity index (χ4n) is 0.938. The van der Waals surface area contributed by atoms with Gasteiger partial charge in [-0.15, -0.1) is 0 Å². The van der Waals surface area contributed by atoms with Gasteiger partial charge >= 0.3 is 12.0 Å². The molecule has 0 atom stereocenters. The summed E-state index contributed by atoms with van der Waals surface area (Å²) >= 11 is 1.28. The first-order chi connectivity index (χ1) is 8.24. The normalized spacial score (nSPS) is 10.7. The number of hydrogen-bond acceptors (Lipinski definition) is 5. The molecule has 0 fully saturated rings. The smallest absolute Gasteiger partial charge is 0.321 e. The fourth-order valence-corrected chi connectivity index (χ4v) is 1.65. The molecule has 0 spiro atoms. The molecule has 0 unspecified atom stereocenters. The first kappa shape index (κ1) is 16.8. The number of urea groups is 1. The molecule has 0 heterocycles. The standard InChI is InChI=1S/C11H20N2O4S/c1-11(2,3)17-9(15)5-6-18-7-8(14)13-10(16)12-4/h5-7H2,1-4H3,(H2,12,13,14,16). The number of esters is 1. The van der Waals surface area contributed by atoms with E-state index in [9.17, 15) is 14.4 Å². The van der Waals surface area contributed by atoms with Gasteiger partial charge in [0.25, 0.3) is 0 Å². The van der Waals surface area contributed by atoms with Gasteiger partial charge in [0, 0.05) is 12.8 Å². The van der Waals surface area contributed by atoms with Gasteiger partial charge in [-0.2, -0.15) is 11.8 Å². The summed E-state index contributed by atoms with van der Waals surface area (Å²) in [6.45, 7) is 5.40. The number of amides is 3. The molecule has 0 rings (SSSR count). The lowest BCUT2D eigenvalue weighted by molar-refractivity contribution is -0.154. The molecule has 0 bridgehead atoms. The Bertz CT molecular complexity index is 313. The second-order valence-corrected chi connectivity index (χ2v) is 5.62. The molecule has 3 amide bonds. The van der Waals surface area contributed by atoms with Gasteiger partial charge in [0.1, 0.15) is 5.60 Å². The van der Waals surface area contributed by atoms with Crippen LogP contribution in [0, 0.1) is 0 Å². The van der Waals surface area contributed by atoms with Crippen LogP contribution in [0.4, 0.5) is 4.79 Å². The summed E-state index contributed by atoms with van der Waals surface area (Å²) in [7, 11) is 1.43. The first-order valence-electron chi connectivity index (χ1n) is 5.56. The number of ether oxygens (including phenoxy) is 1.